The first-order chi connectivity index (χ1) is 12.0. The smallest absolute Gasteiger partial charge is 0.260 e. The highest BCUT2D eigenvalue weighted by molar-refractivity contribution is 7.19. The summed E-state index contributed by atoms with van der Waals surface area (Å²) in [5, 5.41) is 3.42. The van der Waals surface area contributed by atoms with E-state index in [-0.39, 0.29) is 11.5 Å². The van der Waals surface area contributed by atoms with Gasteiger partial charge in [0.25, 0.3) is 11.5 Å². The maximum Gasteiger partial charge on any atom is 0.260 e. The number of nitrogens with one attached hydrogen (secondary N) is 1. The van der Waals surface area contributed by atoms with Crippen LogP contribution in [-0.2, 0) is 13.1 Å². The Balaban J connectivity index is 1.96. The minimum absolute atomic E-state index is 0.0953. The van der Waals surface area contributed by atoms with Crippen LogP contribution in [0.2, 0.25) is 0 Å². The van der Waals surface area contributed by atoms with E-state index in [0.717, 1.165) is 15.1 Å². The molecule has 0 aliphatic carbocycles. The largest absolute Gasteiger partial charge is 0.348 e. The van der Waals surface area contributed by atoms with Gasteiger partial charge in [0.05, 0.1) is 10.9 Å². The van der Waals surface area contributed by atoms with Crippen molar-refractivity contribution in [1.29, 1.82) is 0 Å². The number of nitrogens with zero attached hydrogens (tertiary/aromatic N) is 2. The lowest BCUT2D eigenvalue weighted by Crippen LogP contribution is -2.27. The summed E-state index contributed by atoms with van der Waals surface area (Å²) in [6.45, 7) is 7.04. The van der Waals surface area contributed by atoms with Crippen molar-refractivity contribution >= 4 is 27.3 Å². The summed E-state index contributed by atoms with van der Waals surface area (Å²) >= 11 is 1.48. The highest BCUT2D eigenvalue weighted by atomic mass is 32.1. The van der Waals surface area contributed by atoms with Crippen LogP contribution in [0.5, 0.6) is 0 Å². The Morgan fingerprint density at radius 3 is 2.84 bits per heavy atom. The first kappa shape index (κ1) is 17.4. The van der Waals surface area contributed by atoms with Crippen molar-refractivity contribution in [2.45, 2.75) is 33.9 Å². The van der Waals surface area contributed by atoms with Crippen molar-refractivity contribution in [3.8, 4) is 0 Å². The van der Waals surface area contributed by atoms with Gasteiger partial charge in [0.2, 0.25) is 0 Å². The van der Waals surface area contributed by atoms with Crippen LogP contribution < -0.4 is 10.9 Å². The number of hydrogen-bond donors (Lipinski definition) is 1. The first-order valence-electron chi connectivity index (χ1n) is 8.27. The van der Waals surface area contributed by atoms with Gasteiger partial charge in [-0.05, 0) is 30.5 Å². The summed E-state index contributed by atoms with van der Waals surface area (Å²) in [4.78, 5) is 30.5. The molecule has 0 saturated heterocycles. The average Bonchev–Trinajstić information content (AvgIpc) is 2.93. The van der Waals surface area contributed by atoms with Crippen molar-refractivity contribution in [3.63, 3.8) is 0 Å². The molecule has 0 aliphatic rings. The third-order valence-corrected chi connectivity index (χ3v) is 5.03. The highest BCUT2D eigenvalue weighted by Gasteiger charge is 2.20. The van der Waals surface area contributed by atoms with Crippen LogP contribution >= 0.6 is 11.3 Å². The lowest BCUT2D eigenvalue weighted by molar-refractivity contribution is 0.0952. The van der Waals surface area contributed by atoms with E-state index >= 15 is 0 Å². The monoisotopic (exact) mass is 355 g/mol. The minimum atomic E-state index is -0.216. The summed E-state index contributed by atoms with van der Waals surface area (Å²) in [5.41, 5.74) is 1.32. The molecule has 0 radical (unpaired) electrons. The molecule has 0 unspecified atom stereocenters. The molecule has 0 spiro atoms. The van der Waals surface area contributed by atoms with Gasteiger partial charge >= 0.3 is 0 Å². The Hall–Kier alpha value is -2.47. The molecule has 5 nitrogen and oxygen atoms in total. The zero-order chi connectivity index (χ0) is 18.0. The fourth-order valence-corrected chi connectivity index (χ4v) is 3.90. The zero-order valence-corrected chi connectivity index (χ0v) is 15.4. The van der Waals surface area contributed by atoms with Gasteiger partial charge in [0, 0.05) is 41.3 Å². The lowest BCUT2D eigenvalue weighted by Gasteiger charge is -2.09. The molecule has 3 aromatic heterocycles. The molecule has 25 heavy (non-hydrogen) atoms. The van der Waals surface area contributed by atoms with Gasteiger partial charge < -0.3 is 9.88 Å². The lowest BCUT2D eigenvalue weighted by atomic mass is 10.1. The second-order valence-electron chi connectivity index (χ2n) is 6.48. The van der Waals surface area contributed by atoms with E-state index in [9.17, 15) is 9.59 Å². The van der Waals surface area contributed by atoms with E-state index in [1.807, 2.05) is 31.3 Å². The summed E-state index contributed by atoms with van der Waals surface area (Å²) < 4.78 is 2.55. The van der Waals surface area contributed by atoms with E-state index in [1.165, 1.54) is 11.3 Å². The van der Waals surface area contributed by atoms with Crippen LogP contribution in [0, 0.1) is 12.8 Å². The number of pyridine rings is 2. The molecule has 0 bridgehead atoms. The Morgan fingerprint density at radius 2 is 2.16 bits per heavy atom. The molecular weight excluding hydrogens is 334 g/mol. The van der Waals surface area contributed by atoms with Crippen LogP contribution in [0.25, 0.3) is 10.1 Å². The molecular formula is C19H21N3O2S. The molecule has 0 saturated carbocycles. The van der Waals surface area contributed by atoms with Crippen molar-refractivity contribution in [3.05, 3.63) is 63.1 Å². The van der Waals surface area contributed by atoms with Crippen molar-refractivity contribution in [1.82, 2.24) is 14.9 Å². The SMILES string of the molecule is Cc1sc2ccn(CC(C)C)c(=O)c2c1C(=O)NCc1cccnc1. The Labute approximate surface area is 150 Å². The van der Waals surface area contributed by atoms with Crippen LogP contribution in [0.4, 0.5) is 0 Å². The molecule has 3 rings (SSSR count). The molecule has 3 aromatic rings. The number of amides is 1. The van der Waals surface area contributed by atoms with Gasteiger partial charge in [0.1, 0.15) is 0 Å². The van der Waals surface area contributed by atoms with E-state index in [0.29, 0.717) is 30.0 Å². The van der Waals surface area contributed by atoms with Crippen molar-refractivity contribution in [2.75, 3.05) is 0 Å². The van der Waals surface area contributed by atoms with Crippen LogP contribution in [0.3, 0.4) is 0 Å². The fraction of sp³-hybridized carbons (Fsp3) is 0.316. The number of aromatic nitrogens is 2. The second kappa shape index (κ2) is 7.19. The van der Waals surface area contributed by atoms with Gasteiger partial charge in [-0.15, -0.1) is 11.3 Å². The maximum absolute atomic E-state index is 12.9. The number of carbonyl (C=O) groups excluding carboxylic acids is 1. The van der Waals surface area contributed by atoms with Crippen LogP contribution in [0.15, 0.2) is 41.6 Å². The summed E-state index contributed by atoms with van der Waals surface area (Å²) in [6, 6.07) is 5.66. The normalized spacial score (nSPS) is 11.2. The van der Waals surface area contributed by atoms with Gasteiger partial charge in [-0.1, -0.05) is 19.9 Å². The number of carbonyl (C=O) groups is 1. The standard InChI is InChI=1S/C19H21N3O2S/c1-12(2)11-22-8-6-15-17(19(22)24)16(13(3)25-15)18(23)21-10-14-5-4-7-20-9-14/h4-9,12H,10-11H2,1-3H3,(H,21,23). The van der Waals surface area contributed by atoms with Gasteiger partial charge in [0.15, 0.2) is 0 Å². The van der Waals surface area contributed by atoms with Gasteiger partial charge in [-0.2, -0.15) is 0 Å². The zero-order valence-electron chi connectivity index (χ0n) is 14.6. The molecule has 1 N–H and O–H groups in total. The Morgan fingerprint density at radius 1 is 1.36 bits per heavy atom. The number of rotatable bonds is 5. The molecule has 130 valence electrons. The topological polar surface area (TPSA) is 64.0 Å². The molecule has 6 heteroatoms. The van der Waals surface area contributed by atoms with Crippen LogP contribution in [-0.4, -0.2) is 15.5 Å². The van der Waals surface area contributed by atoms with Gasteiger partial charge in [-0.3, -0.25) is 14.6 Å². The third-order valence-electron chi connectivity index (χ3n) is 3.96. The van der Waals surface area contributed by atoms with Crippen molar-refractivity contribution in [2.24, 2.45) is 5.92 Å². The third kappa shape index (κ3) is 3.64. The molecule has 0 fully saturated rings. The Kier molecular flexibility index (Phi) is 4.99. The maximum atomic E-state index is 12.9. The Bertz CT molecular complexity index is 958. The number of aryl methyl sites for hydroxylation is 1. The van der Waals surface area contributed by atoms with E-state index in [4.69, 9.17) is 0 Å². The summed E-state index contributed by atoms with van der Waals surface area (Å²) in [5.74, 6) is 0.143. The minimum Gasteiger partial charge on any atom is -0.348 e. The summed E-state index contributed by atoms with van der Waals surface area (Å²) in [7, 11) is 0. The molecule has 0 atom stereocenters. The summed E-state index contributed by atoms with van der Waals surface area (Å²) in [6.07, 6.45) is 5.23. The van der Waals surface area contributed by atoms with E-state index in [2.05, 4.69) is 24.1 Å². The van der Waals surface area contributed by atoms with E-state index < -0.39 is 0 Å². The highest BCUT2D eigenvalue weighted by Crippen LogP contribution is 2.28. The van der Waals surface area contributed by atoms with Gasteiger partial charge in [-0.25, -0.2) is 0 Å². The number of fused-ring (bicyclic) bond motifs is 1. The van der Waals surface area contributed by atoms with Crippen LogP contribution in [0.1, 0.15) is 34.6 Å². The number of hydrogen-bond acceptors (Lipinski definition) is 4. The average molecular weight is 355 g/mol. The molecule has 1 amide bonds. The molecule has 3 heterocycles. The predicted octanol–water partition coefficient (Wildman–Crippen LogP) is 3.35. The first-order valence-corrected chi connectivity index (χ1v) is 9.08. The molecule has 0 aliphatic heterocycles. The van der Waals surface area contributed by atoms with Crippen molar-refractivity contribution < 1.29 is 4.79 Å². The quantitative estimate of drug-likeness (QED) is 0.763. The number of thiophene rings is 1. The molecule has 0 aromatic carbocycles. The fourth-order valence-electron chi connectivity index (χ4n) is 2.85. The van der Waals surface area contributed by atoms with E-state index in [1.54, 1.807) is 17.0 Å². The second-order valence-corrected chi connectivity index (χ2v) is 7.74. The predicted molar refractivity (Wildman–Crippen MR) is 101 cm³/mol.